The fourth-order valence-corrected chi connectivity index (χ4v) is 4.17. The van der Waals surface area contributed by atoms with Crippen molar-refractivity contribution in [3.05, 3.63) is 92.4 Å². The van der Waals surface area contributed by atoms with Crippen LogP contribution in [0.4, 0.5) is 4.79 Å². The van der Waals surface area contributed by atoms with Gasteiger partial charge in [0.2, 0.25) is 0 Å². The van der Waals surface area contributed by atoms with Gasteiger partial charge in [0.1, 0.15) is 11.5 Å². The van der Waals surface area contributed by atoms with Gasteiger partial charge in [0, 0.05) is 12.4 Å². The van der Waals surface area contributed by atoms with Crippen LogP contribution < -0.4 is 0 Å². The van der Waals surface area contributed by atoms with Crippen LogP contribution in [0.3, 0.4) is 0 Å². The van der Waals surface area contributed by atoms with Gasteiger partial charge >= 0.3 is 6.16 Å². The van der Waals surface area contributed by atoms with Gasteiger partial charge in [0.25, 0.3) is 0 Å². The van der Waals surface area contributed by atoms with Crippen LogP contribution in [0.5, 0.6) is 0 Å². The second-order valence-corrected chi connectivity index (χ2v) is 9.85. The van der Waals surface area contributed by atoms with Gasteiger partial charge in [-0.1, -0.05) is 58.7 Å². The molecule has 0 aliphatic rings. The Bertz CT molecular complexity index is 1340. The average molecular weight is 531 g/mol. The highest BCUT2D eigenvalue weighted by atomic mass is 16.7. The third-order valence-electron chi connectivity index (χ3n) is 5.92. The Hall–Kier alpha value is -4.13. The molecule has 0 aliphatic heterocycles. The van der Waals surface area contributed by atoms with Crippen molar-refractivity contribution in [3.8, 4) is 0 Å². The van der Waals surface area contributed by atoms with E-state index in [9.17, 15) is 14.4 Å². The molecule has 206 valence electrons. The zero-order valence-electron chi connectivity index (χ0n) is 24.3. The Kier molecular flexibility index (Phi) is 11.3. The maximum absolute atomic E-state index is 12.5. The highest BCUT2D eigenvalue weighted by molar-refractivity contribution is 6.13. The maximum Gasteiger partial charge on any atom is 0.518 e. The van der Waals surface area contributed by atoms with Crippen molar-refractivity contribution in [2.24, 2.45) is 9.98 Å². The van der Waals surface area contributed by atoms with Gasteiger partial charge < -0.3 is 9.47 Å². The van der Waals surface area contributed by atoms with E-state index < -0.39 is 6.16 Å². The smallest absolute Gasteiger partial charge is 0.399 e. The topological polar surface area (TPSA) is 94.4 Å². The number of nitrogens with zero attached hydrogens (tertiary/aromatic N) is 2. The number of carbonyl (C=O) groups excluding carboxylic acids is 3. The molecule has 0 spiro atoms. The Morgan fingerprint density at radius 2 is 1.15 bits per heavy atom. The largest absolute Gasteiger partial charge is 0.518 e. The van der Waals surface area contributed by atoms with E-state index in [1.165, 1.54) is 40.1 Å². The number of hydrogen-bond acceptors (Lipinski definition) is 7. The summed E-state index contributed by atoms with van der Waals surface area (Å²) in [5.41, 5.74) is 6.82. The minimum absolute atomic E-state index is 0.0459. The lowest BCUT2D eigenvalue weighted by molar-refractivity contribution is -0.114. The van der Waals surface area contributed by atoms with Crippen LogP contribution in [0, 0.1) is 27.7 Å². The second kappa shape index (κ2) is 14.1. The third kappa shape index (κ3) is 9.93. The van der Waals surface area contributed by atoms with Crippen molar-refractivity contribution in [2.75, 3.05) is 0 Å². The molecule has 2 aromatic carbocycles. The number of aryl methyl sites for hydroxylation is 4. The minimum Gasteiger partial charge on any atom is -0.399 e. The predicted molar refractivity (Wildman–Crippen MR) is 155 cm³/mol. The number of benzene rings is 2. The number of ketones is 2. The van der Waals surface area contributed by atoms with Crippen molar-refractivity contribution in [3.63, 3.8) is 0 Å². The molecule has 0 aromatic heterocycles. The highest BCUT2D eigenvalue weighted by Gasteiger charge is 2.16. The van der Waals surface area contributed by atoms with Crippen LogP contribution in [0.1, 0.15) is 74.0 Å². The summed E-state index contributed by atoms with van der Waals surface area (Å²) in [5, 5.41) is 0. The summed E-state index contributed by atoms with van der Waals surface area (Å²) < 4.78 is 10.5. The van der Waals surface area contributed by atoms with Crippen LogP contribution in [-0.2, 0) is 25.6 Å². The number of hydrogen-bond donors (Lipinski definition) is 0. The molecule has 0 bridgehead atoms. The summed E-state index contributed by atoms with van der Waals surface area (Å²) in [6, 6.07) is 12.1. The lowest BCUT2D eigenvalue weighted by Gasteiger charge is -2.11. The maximum atomic E-state index is 12.5. The summed E-state index contributed by atoms with van der Waals surface area (Å²) in [6.45, 7) is 16.1. The summed E-state index contributed by atoms with van der Waals surface area (Å²) >= 11 is 0. The van der Waals surface area contributed by atoms with E-state index in [1.807, 2.05) is 58.9 Å². The molecule has 0 unspecified atom stereocenters. The van der Waals surface area contributed by atoms with Crippen molar-refractivity contribution in [1.82, 2.24) is 0 Å². The fourth-order valence-electron chi connectivity index (χ4n) is 4.17. The minimum atomic E-state index is -1.07. The van der Waals surface area contributed by atoms with E-state index in [-0.39, 0.29) is 40.3 Å². The molecule has 7 nitrogen and oxygen atoms in total. The zero-order chi connectivity index (χ0) is 29.3. The molecular weight excluding hydrogens is 492 g/mol. The monoisotopic (exact) mass is 530 g/mol. The van der Waals surface area contributed by atoms with Crippen molar-refractivity contribution in [1.29, 1.82) is 0 Å². The molecule has 1 atom stereocenters. The van der Waals surface area contributed by atoms with Gasteiger partial charge in [-0.2, -0.15) is 0 Å². The molecule has 0 saturated heterocycles. The first kappa shape index (κ1) is 31.1. The molecule has 2 rings (SSSR count). The van der Waals surface area contributed by atoms with E-state index in [0.29, 0.717) is 6.54 Å². The third-order valence-corrected chi connectivity index (χ3v) is 5.92. The van der Waals surface area contributed by atoms with Gasteiger partial charge in [-0.15, -0.1) is 0 Å². The van der Waals surface area contributed by atoms with E-state index in [0.717, 1.165) is 33.4 Å². The average Bonchev–Trinajstić information content (AvgIpc) is 2.79. The van der Waals surface area contributed by atoms with Gasteiger partial charge in [0.05, 0.1) is 23.7 Å². The number of allylic oxidation sites excluding steroid dienone is 4. The highest BCUT2D eigenvalue weighted by Crippen LogP contribution is 2.20. The normalized spacial score (nSPS) is 13.7. The van der Waals surface area contributed by atoms with Crippen LogP contribution in [-0.4, -0.2) is 30.2 Å². The first-order valence-corrected chi connectivity index (χ1v) is 12.8. The lowest BCUT2D eigenvalue weighted by atomic mass is 10.0. The van der Waals surface area contributed by atoms with Gasteiger partial charge in [0.15, 0.2) is 11.6 Å². The summed E-state index contributed by atoms with van der Waals surface area (Å²) in [5.74, 6) is -0.531. The summed E-state index contributed by atoms with van der Waals surface area (Å²) in [6.07, 6.45) is 1.74. The van der Waals surface area contributed by atoms with Crippen molar-refractivity contribution < 1.29 is 23.9 Å². The number of carbonyl (C=O) groups is 3. The number of rotatable bonds is 10. The Labute approximate surface area is 231 Å². The number of ether oxygens (including phenoxy) is 2. The predicted octanol–water partition coefficient (Wildman–Crippen LogP) is 7.20. The molecule has 0 fully saturated rings. The van der Waals surface area contributed by atoms with Gasteiger partial charge in [-0.25, -0.2) is 4.79 Å². The molecule has 0 heterocycles. The van der Waals surface area contributed by atoms with Crippen LogP contribution in [0.15, 0.2) is 69.0 Å². The molecule has 2 aromatic rings. The van der Waals surface area contributed by atoms with E-state index in [4.69, 9.17) is 9.47 Å². The first-order chi connectivity index (χ1) is 18.3. The SMILES string of the molecule is CC(=O)/C(C=NCc1cc(C)cc(C)c1)=C(\C)OC(=O)O/C(C)=C(\C=N[C@H](C)c1cc(C)cc(C)c1)C(C)=O. The molecule has 0 radical (unpaired) electrons. The molecule has 7 heteroatoms. The van der Waals surface area contributed by atoms with Crippen LogP contribution >= 0.6 is 0 Å². The van der Waals surface area contributed by atoms with Crippen molar-refractivity contribution in [2.45, 2.75) is 74.9 Å². The first-order valence-electron chi connectivity index (χ1n) is 12.8. The molecule has 39 heavy (non-hydrogen) atoms. The molecule has 0 saturated carbocycles. The van der Waals surface area contributed by atoms with Gasteiger partial charge in [-0.05, 0) is 73.4 Å². The number of Topliss-reactive ketones (excluding diaryl/α,β-unsaturated/α-hetero) is 2. The van der Waals surface area contributed by atoms with Crippen LogP contribution in [0.25, 0.3) is 0 Å². The lowest BCUT2D eigenvalue weighted by Crippen LogP contribution is -2.12. The summed E-state index contributed by atoms with van der Waals surface area (Å²) in [7, 11) is 0. The quantitative estimate of drug-likeness (QED) is 0.140. The van der Waals surface area contributed by atoms with Crippen LogP contribution in [0.2, 0.25) is 0 Å². The molecule has 0 N–H and O–H groups in total. The summed E-state index contributed by atoms with van der Waals surface area (Å²) in [4.78, 5) is 45.8. The van der Waals surface area contributed by atoms with E-state index in [1.54, 1.807) is 0 Å². The molecule has 0 amide bonds. The Morgan fingerprint density at radius 3 is 1.62 bits per heavy atom. The zero-order valence-corrected chi connectivity index (χ0v) is 24.3. The second-order valence-electron chi connectivity index (χ2n) is 9.85. The Morgan fingerprint density at radius 1 is 0.718 bits per heavy atom. The standard InChI is InChI=1S/C32H38N2O5/c1-19-10-20(2)13-28(12-19)16-33-17-30(24(6)35)26(8)38-32(37)39-27(9)31(25(7)36)18-34-23(5)29-14-21(3)11-22(4)15-29/h10-15,17-18,23H,16H2,1-9H3/b30-26+,31-27+,33-17?,34-18?/t23-/m1/s1. The molecule has 0 aliphatic carbocycles. The van der Waals surface area contributed by atoms with E-state index in [2.05, 4.69) is 22.1 Å². The molecular formula is C32H38N2O5. The van der Waals surface area contributed by atoms with E-state index >= 15 is 0 Å². The van der Waals surface area contributed by atoms with Gasteiger partial charge in [-0.3, -0.25) is 19.6 Å². The number of aliphatic imine (C=N–C) groups is 2. The van der Waals surface area contributed by atoms with Crippen molar-refractivity contribution >= 4 is 30.2 Å². The fraction of sp³-hybridized carbons (Fsp3) is 0.344. The Balaban J connectivity index is 2.17.